The fourth-order valence-corrected chi connectivity index (χ4v) is 3.72. The Morgan fingerprint density at radius 3 is 2.11 bits per heavy atom. The number of benzene rings is 1. The molecule has 5 nitrogen and oxygen atoms in total. The topological polar surface area (TPSA) is 67.2 Å². The highest BCUT2D eigenvalue weighted by Crippen LogP contribution is 2.22. The summed E-state index contributed by atoms with van der Waals surface area (Å²) in [5.74, 6) is 1.09. The molecule has 2 N–H and O–H groups in total. The number of hydrogen-bond acceptors (Lipinski definition) is 3. The van der Waals surface area contributed by atoms with Gasteiger partial charge in [0.1, 0.15) is 0 Å². The molecular weight excluding hydrogens is 338 g/mol. The summed E-state index contributed by atoms with van der Waals surface area (Å²) in [6, 6.07) is 11.6. The van der Waals surface area contributed by atoms with Gasteiger partial charge in [0.05, 0.1) is 0 Å². The summed E-state index contributed by atoms with van der Waals surface area (Å²) in [6.07, 6.45) is 13.8. The molecule has 1 aromatic carbocycles. The molecule has 0 saturated heterocycles. The molecule has 0 aliphatic heterocycles. The van der Waals surface area contributed by atoms with E-state index in [9.17, 15) is 4.79 Å². The van der Waals surface area contributed by atoms with Crippen LogP contribution in [0.3, 0.4) is 0 Å². The summed E-state index contributed by atoms with van der Waals surface area (Å²) < 4.78 is 5.34. The second-order valence-electron chi connectivity index (χ2n) is 7.50. The van der Waals surface area contributed by atoms with Gasteiger partial charge in [-0.1, -0.05) is 93.3 Å². The summed E-state index contributed by atoms with van der Waals surface area (Å²) >= 11 is 0. The van der Waals surface area contributed by atoms with E-state index in [2.05, 4.69) is 15.8 Å². The van der Waals surface area contributed by atoms with Crippen molar-refractivity contribution < 1.29 is 9.32 Å². The summed E-state index contributed by atoms with van der Waals surface area (Å²) in [4.78, 5) is 12.4. The normalized spacial score (nSPS) is 17.5. The minimum Gasteiger partial charge on any atom is -0.354 e. The quantitative estimate of drug-likeness (QED) is 0.683. The van der Waals surface area contributed by atoms with Gasteiger partial charge in [0, 0.05) is 17.7 Å². The first-order valence-electron chi connectivity index (χ1n) is 10.4. The van der Waals surface area contributed by atoms with E-state index in [1.165, 1.54) is 57.8 Å². The molecule has 1 aliphatic rings. The Balaban J connectivity index is 1.50. The second-order valence-corrected chi connectivity index (χ2v) is 7.50. The van der Waals surface area contributed by atoms with Crippen molar-refractivity contribution in [3.63, 3.8) is 0 Å². The molecule has 1 aromatic heterocycles. The highest BCUT2D eigenvalue weighted by atomic mass is 16.5. The van der Waals surface area contributed by atoms with Crippen molar-refractivity contribution in [2.75, 3.05) is 5.32 Å². The second kappa shape index (κ2) is 10.8. The van der Waals surface area contributed by atoms with E-state index in [1.54, 1.807) is 6.07 Å². The van der Waals surface area contributed by atoms with Crippen molar-refractivity contribution in [3.05, 3.63) is 36.4 Å². The Bertz CT molecular complexity index is 672. The standard InChI is InChI=1S/C22H31N3O2/c26-22(23-19-15-11-6-4-2-1-3-5-7-12-16-19)24-21-17-20(27-25-21)18-13-9-8-10-14-18/h8-10,13-14,17,19H,1-7,11-12,15-16H2,(H2,23,24,25,26). The molecule has 3 rings (SSSR count). The number of aromatic nitrogens is 1. The van der Waals surface area contributed by atoms with Crippen LogP contribution in [0.2, 0.25) is 0 Å². The predicted molar refractivity (Wildman–Crippen MR) is 109 cm³/mol. The third-order valence-electron chi connectivity index (χ3n) is 5.25. The van der Waals surface area contributed by atoms with Gasteiger partial charge in [-0.15, -0.1) is 0 Å². The van der Waals surface area contributed by atoms with Crippen molar-refractivity contribution in [1.82, 2.24) is 10.5 Å². The third kappa shape index (κ3) is 6.74. The van der Waals surface area contributed by atoms with E-state index in [4.69, 9.17) is 4.52 Å². The fraction of sp³-hybridized carbons (Fsp3) is 0.545. The van der Waals surface area contributed by atoms with Crippen molar-refractivity contribution in [2.24, 2.45) is 0 Å². The van der Waals surface area contributed by atoms with Crippen LogP contribution in [0, 0.1) is 0 Å². The van der Waals surface area contributed by atoms with E-state index in [-0.39, 0.29) is 12.1 Å². The minimum atomic E-state index is -0.194. The van der Waals surface area contributed by atoms with Gasteiger partial charge < -0.3 is 9.84 Å². The average Bonchev–Trinajstić information content (AvgIpc) is 3.13. The molecule has 1 heterocycles. The van der Waals surface area contributed by atoms with Crippen LogP contribution >= 0.6 is 0 Å². The molecule has 0 unspecified atom stereocenters. The van der Waals surface area contributed by atoms with Gasteiger partial charge >= 0.3 is 6.03 Å². The lowest BCUT2D eigenvalue weighted by atomic mass is 9.98. The molecule has 2 aromatic rings. The molecule has 0 radical (unpaired) electrons. The van der Waals surface area contributed by atoms with Crippen LogP contribution in [-0.4, -0.2) is 17.2 Å². The minimum absolute atomic E-state index is 0.194. The van der Waals surface area contributed by atoms with Gasteiger partial charge in [-0.3, -0.25) is 5.32 Å². The average molecular weight is 370 g/mol. The van der Waals surface area contributed by atoms with Crippen molar-refractivity contribution in [2.45, 2.75) is 76.7 Å². The van der Waals surface area contributed by atoms with E-state index >= 15 is 0 Å². The number of carbonyl (C=O) groups is 1. The first kappa shape index (κ1) is 19.5. The molecule has 2 amide bonds. The zero-order valence-corrected chi connectivity index (χ0v) is 16.1. The summed E-state index contributed by atoms with van der Waals surface area (Å²) in [5.41, 5.74) is 0.942. The van der Waals surface area contributed by atoms with Crippen LogP contribution in [0.15, 0.2) is 40.9 Å². The van der Waals surface area contributed by atoms with E-state index in [0.717, 1.165) is 18.4 Å². The van der Waals surface area contributed by atoms with Crippen molar-refractivity contribution >= 4 is 11.8 Å². The Morgan fingerprint density at radius 1 is 0.889 bits per heavy atom. The lowest BCUT2D eigenvalue weighted by molar-refractivity contribution is 0.245. The third-order valence-corrected chi connectivity index (χ3v) is 5.25. The van der Waals surface area contributed by atoms with Crippen LogP contribution in [0.4, 0.5) is 10.6 Å². The predicted octanol–water partition coefficient (Wildman–Crippen LogP) is 6.14. The number of carbonyl (C=O) groups excluding carboxylic acids is 1. The number of urea groups is 1. The Kier molecular flexibility index (Phi) is 7.75. The zero-order chi connectivity index (χ0) is 18.7. The molecule has 1 fully saturated rings. The van der Waals surface area contributed by atoms with E-state index < -0.39 is 0 Å². The number of hydrogen-bond donors (Lipinski definition) is 2. The smallest absolute Gasteiger partial charge is 0.320 e. The largest absolute Gasteiger partial charge is 0.354 e. The van der Waals surface area contributed by atoms with Gasteiger partial charge in [0.15, 0.2) is 11.6 Å². The van der Waals surface area contributed by atoms with Crippen LogP contribution < -0.4 is 10.6 Å². The molecule has 1 saturated carbocycles. The molecule has 1 aliphatic carbocycles. The Hall–Kier alpha value is -2.30. The first-order chi connectivity index (χ1) is 13.3. The number of amides is 2. The highest BCUT2D eigenvalue weighted by Gasteiger charge is 2.14. The number of nitrogens with one attached hydrogen (secondary N) is 2. The lowest BCUT2D eigenvalue weighted by Crippen LogP contribution is -2.38. The number of rotatable bonds is 3. The van der Waals surface area contributed by atoms with E-state index in [1.807, 2.05) is 30.3 Å². The van der Waals surface area contributed by atoms with Crippen LogP contribution in [0.5, 0.6) is 0 Å². The van der Waals surface area contributed by atoms with Gasteiger partial charge in [0.2, 0.25) is 0 Å². The maximum Gasteiger partial charge on any atom is 0.320 e. The molecule has 27 heavy (non-hydrogen) atoms. The highest BCUT2D eigenvalue weighted by molar-refractivity contribution is 5.88. The van der Waals surface area contributed by atoms with Gasteiger partial charge in [0.25, 0.3) is 0 Å². The van der Waals surface area contributed by atoms with Crippen molar-refractivity contribution in [3.8, 4) is 11.3 Å². The van der Waals surface area contributed by atoms with Crippen molar-refractivity contribution in [1.29, 1.82) is 0 Å². The first-order valence-corrected chi connectivity index (χ1v) is 10.4. The Morgan fingerprint density at radius 2 is 1.48 bits per heavy atom. The number of anilines is 1. The van der Waals surface area contributed by atoms with Crippen LogP contribution in [-0.2, 0) is 0 Å². The van der Waals surface area contributed by atoms with Gasteiger partial charge in [-0.05, 0) is 12.8 Å². The lowest BCUT2D eigenvalue weighted by Gasteiger charge is -2.19. The molecule has 0 bridgehead atoms. The van der Waals surface area contributed by atoms with Crippen LogP contribution in [0.25, 0.3) is 11.3 Å². The molecule has 0 atom stereocenters. The maximum atomic E-state index is 12.4. The summed E-state index contributed by atoms with van der Waals surface area (Å²) in [5, 5.41) is 9.91. The number of nitrogens with zero attached hydrogens (tertiary/aromatic N) is 1. The van der Waals surface area contributed by atoms with Gasteiger partial charge in [-0.2, -0.15) is 0 Å². The monoisotopic (exact) mass is 369 g/mol. The van der Waals surface area contributed by atoms with E-state index in [0.29, 0.717) is 11.6 Å². The summed E-state index contributed by atoms with van der Waals surface area (Å²) in [6.45, 7) is 0. The zero-order valence-electron chi connectivity index (χ0n) is 16.1. The van der Waals surface area contributed by atoms with Crippen LogP contribution in [0.1, 0.15) is 70.6 Å². The SMILES string of the molecule is O=C(Nc1cc(-c2ccccc2)on1)NC1CCCCCCCCCCC1. The molecule has 146 valence electrons. The molecule has 0 spiro atoms. The molecular formula is C22H31N3O2. The Labute approximate surface area is 161 Å². The summed E-state index contributed by atoms with van der Waals surface area (Å²) in [7, 11) is 0. The fourth-order valence-electron chi connectivity index (χ4n) is 3.72. The maximum absolute atomic E-state index is 12.4. The molecule has 5 heteroatoms. The van der Waals surface area contributed by atoms with Gasteiger partial charge in [-0.25, -0.2) is 4.79 Å².